The molecule has 29 heavy (non-hydrogen) atoms. The van der Waals surface area contributed by atoms with Gasteiger partial charge in [0.2, 0.25) is 0 Å². The zero-order chi connectivity index (χ0) is 20.4. The van der Waals surface area contributed by atoms with Gasteiger partial charge in [-0.25, -0.2) is 0 Å². The molecule has 1 N–H and O–H groups in total. The van der Waals surface area contributed by atoms with Gasteiger partial charge >= 0.3 is 0 Å². The van der Waals surface area contributed by atoms with E-state index in [-0.39, 0.29) is 17.4 Å². The third-order valence-electron chi connectivity index (χ3n) is 6.46. The first-order valence-electron chi connectivity index (χ1n) is 10.6. The second-order valence-corrected chi connectivity index (χ2v) is 8.79. The number of ether oxygens (including phenoxy) is 2. The van der Waals surface area contributed by atoms with Crippen LogP contribution in [0.3, 0.4) is 0 Å². The third-order valence-corrected chi connectivity index (χ3v) is 6.46. The smallest absolute Gasteiger partial charge is 0.272 e. The zero-order valence-electron chi connectivity index (χ0n) is 17.7. The number of fused-ring (bicyclic) bond motifs is 1. The standard InChI is InChI=1S/C22H32N4O3/c1-22(2)9-5-8-18(22)23-21(27)19-16-6-4-7-17(28-3)20(16)26(24-19)11-10-25-12-14-29-15-13-25/h4,6-7,18H,5,8-15H2,1-3H3,(H,23,27). The number of nitrogens with zero attached hydrogens (tertiary/aromatic N) is 3. The van der Waals surface area contributed by atoms with Gasteiger partial charge in [0.15, 0.2) is 5.69 Å². The average molecular weight is 401 g/mol. The SMILES string of the molecule is COc1cccc2c(C(=O)NC3CCCC3(C)C)nn(CCN3CCOCC3)c12. The fourth-order valence-electron chi connectivity index (χ4n) is 4.58. The van der Waals surface area contributed by atoms with Gasteiger partial charge in [0.05, 0.1) is 26.9 Å². The molecule has 1 saturated carbocycles. The summed E-state index contributed by atoms with van der Waals surface area (Å²) in [7, 11) is 1.66. The van der Waals surface area contributed by atoms with Gasteiger partial charge in [-0.2, -0.15) is 5.10 Å². The van der Waals surface area contributed by atoms with Crippen LogP contribution in [0.4, 0.5) is 0 Å². The lowest BCUT2D eigenvalue weighted by Crippen LogP contribution is -2.41. The topological polar surface area (TPSA) is 68.6 Å². The van der Waals surface area contributed by atoms with Crippen molar-refractivity contribution in [2.75, 3.05) is 40.0 Å². The molecule has 2 aliphatic rings. The van der Waals surface area contributed by atoms with Crippen LogP contribution in [0.25, 0.3) is 10.9 Å². The number of carbonyl (C=O) groups is 1. The Morgan fingerprint density at radius 2 is 2.10 bits per heavy atom. The van der Waals surface area contributed by atoms with Gasteiger partial charge in [0.1, 0.15) is 11.3 Å². The Morgan fingerprint density at radius 3 is 2.79 bits per heavy atom. The number of methoxy groups -OCH3 is 1. The van der Waals surface area contributed by atoms with Crippen LogP contribution >= 0.6 is 0 Å². The quantitative estimate of drug-likeness (QED) is 0.807. The Hall–Kier alpha value is -2.12. The van der Waals surface area contributed by atoms with Crippen LogP contribution in [0.2, 0.25) is 0 Å². The Morgan fingerprint density at radius 1 is 1.31 bits per heavy atom. The number of para-hydroxylation sites is 1. The van der Waals surface area contributed by atoms with Crippen molar-refractivity contribution in [3.63, 3.8) is 0 Å². The van der Waals surface area contributed by atoms with Crippen LogP contribution in [0.1, 0.15) is 43.6 Å². The predicted molar refractivity (Wildman–Crippen MR) is 112 cm³/mol. The second-order valence-electron chi connectivity index (χ2n) is 8.79. The Kier molecular flexibility index (Phi) is 5.79. The molecule has 0 radical (unpaired) electrons. The van der Waals surface area contributed by atoms with Gasteiger partial charge in [-0.05, 0) is 24.3 Å². The number of benzene rings is 1. The zero-order valence-corrected chi connectivity index (χ0v) is 17.7. The van der Waals surface area contributed by atoms with E-state index in [1.807, 2.05) is 22.9 Å². The van der Waals surface area contributed by atoms with Crippen molar-refractivity contribution in [2.45, 2.75) is 45.7 Å². The summed E-state index contributed by atoms with van der Waals surface area (Å²) in [5.41, 5.74) is 1.50. The van der Waals surface area contributed by atoms with Crippen LogP contribution < -0.4 is 10.1 Å². The molecule has 0 bridgehead atoms. The van der Waals surface area contributed by atoms with E-state index in [9.17, 15) is 4.79 Å². The predicted octanol–water partition coefficient (Wildman–Crippen LogP) is 2.69. The molecule has 1 aliphatic heterocycles. The number of aromatic nitrogens is 2. The lowest BCUT2D eigenvalue weighted by atomic mass is 9.87. The highest BCUT2D eigenvalue weighted by Crippen LogP contribution is 2.37. The summed E-state index contributed by atoms with van der Waals surface area (Å²) < 4.78 is 13.0. The summed E-state index contributed by atoms with van der Waals surface area (Å²) in [4.78, 5) is 15.5. The summed E-state index contributed by atoms with van der Waals surface area (Å²) >= 11 is 0. The maximum absolute atomic E-state index is 13.2. The van der Waals surface area contributed by atoms with E-state index in [0.29, 0.717) is 12.2 Å². The largest absolute Gasteiger partial charge is 0.494 e. The Labute approximate surface area is 172 Å². The molecule has 2 heterocycles. The molecular weight excluding hydrogens is 368 g/mol. The van der Waals surface area contributed by atoms with Crippen LogP contribution in [-0.4, -0.2) is 66.6 Å². The molecule has 158 valence electrons. The fourth-order valence-corrected chi connectivity index (χ4v) is 4.58. The number of hydrogen-bond acceptors (Lipinski definition) is 5. The van der Waals surface area contributed by atoms with Crippen molar-refractivity contribution >= 4 is 16.8 Å². The van der Waals surface area contributed by atoms with E-state index in [0.717, 1.165) is 68.8 Å². The Balaban J connectivity index is 1.61. The molecule has 7 nitrogen and oxygen atoms in total. The van der Waals surface area contributed by atoms with Crippen molar-refractivity contribution < 1.29 is 14.3 Å². The van der Waals surface area contributed by atoms with Crippen LogP contribution in [-0.2, 0) is 11.3 Å². The highest BCUT2D eigenvalue weighted by atomic mass is 16.5. The normalized spacial score (nSPS) is 22.1. The molecule has 2 fully saturated rings. The van der Waals surface area contributed by atoms with Crippen LogP contribution in [0.5, 0.6) is 5.75 Å². The van der Waals surface area contributed by atoms with Crippen LogP contribution in [0.15, 0.2) is 18.2 Å². The van der Waals surface area contributed by atoms with Gasteiger partial charge in [0, 0.05) is 31.1 Å². The molecule has 7 heteroatoms. The van der Waals surface area contributed by atoms with Crippen molar-refractivity contribution in [1.82, 2.24) is 20.0 Å². The van der Waals surface area contributed by atoms with Gasteiger partial charge in [-0.1, -0.05) is 32.4 Å². The molecule has 1 unspecified atom stereocenters. The number of hydrogen-bond donors (Lipinski definition) is 1. The van der Waals surface area contributed by atoms with E-state index in [4.69, 9.17) is 14.6 Å². The van der Waals surface area contributed by atoms with Crippen molar-refractivity contribution in [2.24, 2.45) is 5.41 Å². The monoisotopic (exact) mass is 400 g/mol. The molecule has 1 aliphatic carbocycles. The number of carbonyl (C=O) groups excluding carboxylic acids is 1. The molecule has 1 amide bonds. The summed E-state index contributed by atoms with van der Waals surface area (Å²) in [6, 6.07) is 6.00. The maximum Gasteiger partial charge on any atom is 0.272 e. The van der Waals surface area contributed by atoms with Crippen molar-refractivity contribution in [3.05, 3.63) is 23.9 Å². The van der Waals surface area contributed by atoms with E-state index in [2.05, 4.69) is 24.1 Å². The molecule has 0 spiro atoms. The lowest BCUT2D eigenvalue weighted by molar-refractivity contribution is 0.0361. The lowest BCUT2D eigenvalue weighted by Gasteiger charge is -2.27. The van der Waals surface area contributed by atoms with E-state index >= 15 is 0 Å². The fraction of sp³-hybridized carbons (Fsp3) is 0.636. The van der Waals surface area contributed by atoms with E-state index < -0.39 is 0 Å². The molecular formula is C22H32N4O3. The molecule has 1 aromatic carbocycles. The summed E-state index contributed by atoms with van der Waals surface area (Å²) in [6.07, 6.45) is 3.32. The molecule has 1 saturated heterocycles. The second kappa shape index (κ2) is 8.32. The number of morpholine rings is 1. The summed E-state index contributed by atoms with van der Waals surface area (Å²) in [6.45, 7) is 9.44. The van der Waals surface area contributed by atoms with Crippen LogP contribution in [0, 0.1) is 5.41 Å². The van der Waals surface area contributed by atoms with Gasteiger partial charge in [-0.15, -0.1) is 0 Å². The van der Waals surface area contributed by atoms with Gasteiger partial charge < -0.3 is 14.8 Å². The van der Waals surface area contributed by atoms with E-state index in [1.54, 1.807) is 7.11 Å². The molecule has 1 atom stereocenters. The summed E-state index contributed by atoms with van der Waals surface area (Å²) in [5.74, 6) is 0.658. The molecule has 4 rings (SSSR count). The molecule has 2 aromatic rings. The van der Waals surface area contributed by atoms with Gasteiger partial charge in [-0.3, -0.25) is 14.4 Å². The molecule has 1 aromatic heterocycles. The third kappa shape index (κ3) is 4.12. The first kappa shape index (κ1) is 20.2. The first-order valence-corrected chi connectivity index (χ1v) is 10.6. The van der Waals surface area contributed by atoms with Crippen molar-refractivity contribution in [3.8, 4) is 5.75 Å². The highest BCUT2D eigenvalue weighted by molar-refractivity contribution is 6.06. The summed E-state index contributed by atoms with van der Waals surface area (Å²) in [5, 5.41) is 8.84. The average Bonchev–Trinajstić information content (AvgIpc) is 3.27. The maximum atomic E-state index is 13.2. The number of nitrogens with one attached hydrogen (secondary N) is 1. The minimum absolute atomic E-state index is 0.0895. The van der Waals surface area contributed by atoms with E-state index in [1.165, 1.54) is 0 Å². The van der Waals surface area contributed by atoms with Crippen molar-refractivity contribution in [1.29, 1.82) is 0 Å². The highest BCUT2D eigenvalue weighted by Gasteiger charge is 2.36. The number of amides is 1. The first-order chi connectivity index (χ1) is 14.0. The Bertz CT molecular complexity index is 870. The minimum Gasteiger partial charge on any atom is -0.494 e. The van der Waals surface area contributed by atoms with Gasteiger partial charge in [0.25, 0.3) is 5.91 Å². The number of rotatable bonds is 6. The minimum atomic E-state index is -0.0895.